The van der Waals surface area contributed by atoms with E-state index in [0.29, 0.717) is 22.6 Å². The lowest BCUT2D eigenvalue weighted by Gasteiger charge is -2.17. The van der Waals surface area contributed by atoms with Crippen LogP contribution in [0.25, 0.3) is 0 Å². The smallest absolute Gasteiger partial charge is 0.258 e. The largest absolute Gasteiger partial charge is 0.491 e. The monoisotopic (exact) mass is 388 g/mol. The Morgan fingerprint density at radius 3 is 2.21 bits per heavy atom. The van der Waals surface area contributed by atoms with Gasteiger partial charge in [-0.15, -0.1) is 0 Å². The van der Waals surface area contributed by atoms with Crippen molar-refractivity contribution in [3.8, 4) is 5.75 Å². The highest BCUT2D eigenvalue weighted by molar-refractivity contribution is 6.08. The summed E-state index contributed by atoms with van der Waals surface area (Å²) in [5.41, 5.74) is 2.37. The summed E-state index contributed by atoms with van der Waals surface area (Å²) in [4.78, 5) is 26.9. The lowest BCUT2D eigenvalue weighted by atomic mass is 10.1. The van der Waals surface area contributed by atoms with E-state index in [0.717, 1.165) is 5.69 Å². The maximum Gasteiger partial charge on any atom is 0.258 e. The average molecular weight is 388 g/mol. The van der Waals surface area contributed by atoms with E-state index in [2.05, 4.69) is 5.32 Å². The number of benzene rings is 3. The van der Waals surface area contributed by atoms with Crippen LogP contribution in [0.5, 0.6) is 5.75 Å². The topological polar surface area (TPSA) is 58.6 Å². The van der Waals surface area contributed by atoms with Gasteiger partial charge in [0.05, 0.1) is 6.10 Å². The highest BCUT2D eigenvalue weighted by Crippen LogP contribution is 2.19. The first-order chi connectivity index (χ1) is 13.9. The molecular weight excluding hydrogens is 364 g/mol. The van der Waals surface area contributed by atoms with E-state index in [1.165, 1.54) is 0 Å². The maximum absolute atomic E-state index is 12.8. The summed E-state index contributed by atoms with van der Waals surface area (Å²) in [6.07, 6.45) is 0.0731. The molecule has 5 nitrogen and oxygen atoms in total. The number of hydrogen-bond donors (Lipinski definition) is 1. The van der Waals surface area contributed by atoms with E-state index in [1.54, 1.807) is 60.5 Å². The molecular formula is C24H24N2O3. The van der Waals surface area contributed by atoms with Gasteiger partial charge in [0.15, 0.2) is 0 Å². The number of nitrogens with one attached hydrogen (secondary N) is 1. The van der Waals surface area contributed by atoms with Crippen LogP contribution in [-0.2, 0) is 0 Å². The second-order valence-electron chi connectivity index (χ2n) is 6.93. The van der Waals surface area contributed by atoms with E-state index < -0.39 is 0 Å². The van der Waals surface area contributed by atoms with Gasteiger partial charge < -0.3 is 15.0 Å². The molecule has 0 radical (unpaired) electrons. The van der Waals surface area contributed by atoms with Gasteiger partial charge >= 0.3 is 0 Å². The van der Waals surface area contributed by atoms with E-state index in [9.17, 15) is 9.59 Å². The fourth-order valence-electron chi connectivity index (χ4n) is 2.85. The van der Waals surface area contributed by atoms with E-state index >= 15 is 0 Å². The van der Waals surface area contributed by atoms with Crippen molar-refractivity contribution >= 4 is 23.2 Å². The number of hydrogen-bond acceptors (Lipinski definition) is 3. The van der Waals surface area contributed by atoms with Crippen LogP contribution in [0, 0.1) is 0 Å². The van der Waals surface area contributed by atoms with Gasteiger partial charge in [0.25, 0.3) is 11.8 Å². The number of ether oxygens (including phenoxy) is 1. The Morgan fingerprint density at radius 1 is 0.862 bits per heavy atom. The molecule has 0 aliphatic heterocycles. The first kappa shape index (κ1) is 20.1. The molecule has 1 N–H and O–H groups in total. The van der Waals surface area contributed by atoms with Crippen LogP contribution in [-0.4, -0.2) is 25.0 Å². The van der Waals surface area contributed by atoms with Gasteiger partial charge in [0.2, 0.25) is 0 Å². The fraction of sp³-hybridized carbons (Fsp3) is 0.167. The Bertz CT molecular complexity index is 983. The van der Waals surface area contributed by atoms with Gasteiger partial charge in [0, 0.05) is 29.5 Å². The van der Waals surface area contributed by atoms with Crippen LogP contribution >= 0.6 is 0 Å². The second-order valence-corrected chi connectivity index (χ2v) is 6.93. The highest BCUT2D eigenvalue weighted by atomic mass is 16.5. The third-order valence-corrected chi connectivity index (χ3v) is 4.30. The molecule has 2 amide bonds. The summed E-state index contributed by atoms with van der Waals surface area (Å²) in [5, 5.41) is 2.84. The first-order valence-electron chi connectivity index (χ1n) is 9.45. The van der Waals surface area contributed by atoms with E-state index in [1.807, 2.05) is 44.2 Å². The third kappa shape index (κ3) is 5.23. The Hall–Kier alpha value is -3.60. The van der Waals surface area contributed by atoms with Gasteiger partial charge in [-0.25, -0.2) is 0 Å². The molecule has 0 fully saturated rings. The Balaban J connectivity index is 1.71. The second kappa shape index (κ2) is 9.06. The van der Waals surface area contributed by atoms with Gasteiger partial charge in [-0.1, -0.05) is 24.3 Å². The summed E-state index contributed by atoms with van der Waals surface area (Å²) in [7, 11) is 1.73. The predicted octanol–water partition coefficient (Wildman–Crippen LogP) is 5.00. The predicted molar refractivity (Wildman–Crippen MR) is 116 cm³/mol. The van der Waals surface area contributed by atoms with Crippen LogP contribution in [0.4, 0.5) is 11.4 Å². The molecule has 3 aromatic carbocycles. The molecule has 148 valence electrons. The minimum absolute atomic E-state index is 0.0731. The number of carbonyl (C=O) groups excluding carboxylic acids is 2. The van der Waals surface area contributed by atoms with E-state index in [4.69, 9.17) is 4.74 Å². The highest BCUT2D eigenvalue weighted by Gasteiger charge is 2.14. The van der Waals surface area contributed by atoms with Crippen LogP contribution < -0.4 is 15.0 Å². The summed E-state index contributed by atoms with van der Waals surface area (Å²) in [6.45, 7) is 3.90. The zero-order valence-electron chi connectivity index (χ0n) is 16.8. The quantitative estimate of drug-likeness (QED) is 0.646. The minimum atomic E-state index is -0.248. The standard InChI is InChI=1S/C24H24N2O3/c1-17(2)29-22-14-12-18(13-15-22)23(27)25-20-9-7-8-19(16-20)24(28)26(3)21-10-5-4-6-11-21/h4-17H,1-3H3,(H,25,27). The molecule has 5 heteroatoms. The molecule has 0 spiro atoms. The van der Waals surface area contributed by atoms with Crippen LogP contribution in [0.2, 0.25) is 0 Å². The van der Waals surface area contributed by atoms with Crippen molar-refractivity contribution in [3.05, 3.63) is 90.0 Å². The first-order valence-corrected chi connectivity index (χ1v) is 9.45. The van der Waals surface area contributed by atoms with Gasteiger partial charge in [0.1, 0.15) is 5.75 Å². The lowest BCUT2D eigenvalue weighted by Crippen LogP contribution is -2.26. The van der Waals surface area contributed by atoms with Crippen LogP contribution in [0.1, 0.15) is 34.6 Å². The van der Waals surface area contributed by atoms with Crippen molar-refractivity contribution < 1.29 is 14.3 Å². The summed E-state index contributed by atoms with van der Waals surface area (Å²) in [5.74, 6) is 0.317. The molecule has 0 unspecified atom stereocenters. The van der Waals surface area contributed by atoms with Gasteiger partial charge in [-0.2, -0.15) is 0 Å². The van der Waals surface area contributed by atoms with Crippen LogP contribution in [0.3, 0.4) is 0 Å². The van der Waals surface area contributed by atoms with E-state index in [-0.39, 0.29) is 17.9 Å². The van der Waals surface area contributed by atoms with Crippen molar-refractivity contribution in [2.24, 2.45) is 0 Å². The molecule has 0 bridgehead atoms. The van der Waals surface area contributed by atoms with Crippen molar-refractivity contribution in [1.29, 1.82) is 0 Å². The Labute approximate surface area is 170 Å². The molecule has 0 saturated heterocycles. The Kier molecular flexibility index (Phi) is 6.29. The van der Waals surface area contributed by atoms with Gasteiger partial charge in [-0.05, 0) is 68.4 Å². The number of anilines is 2. The molecule has 3 aromatic rings. The molecule has 0 saturated carbocycles. The SMILES string of the molecule is CC(C)Oc1ccc(C(=O)Nc2cccc(C(=O)N(C)c3ccccc3)c2)cc1. The average Bonchev–Trinajstić information content (AvgIpc) is 2.73. The zero-order chi connectivity index (χ0) is 20.8. The van der Waals surface area contributed by atoms with Gasteiger partial charge in [-0.3, -0.25) is 9.59 Å². The number of para-hydroxylation sites is 1. The molecule has 0 heterocycles. The van der Waals surface area contributed by atoms with Crippen molar-refractivity contribution in [2.75, 3.05) is 17.3 Å². The van der Waals surface area contributed by atoms with Crippen molar-refractivity contribution in [3.63, 3.8) is 0 Å². The molecule has 29 heavy (non-hydrogen) atoms. The van der Waals surface area contributed by atoms with Crippen molar-refractivity contribution in [1.82, 2.24) is 0 Å². The molecule has 0 aliphatic rings. The number of amides is 2. The fourth-order valence-corrected chi connectivity index (χ4v) is 2.85. The molecule has 0 aliphatic carbocycles. The molecule has 0 aromatic heterocycles. The number of nitrogens with zero attached hydrogens (tertiary/aromatic N) is 1. The molecule has 3 rings (SSSR count). The Morgan fingerprint density at radius 2 is 1.55 bits per heavy atom. The van der Waals surface area contributed by atoms with Crippen LogP contribution in [0.15, 0.2) is 78.9 Å². The zero-order valence-corrected chi connectivity index (χ0v) is 16.8. The summed E-state index contributed by atoms with van der Waals surface area (Å²) in [6, 6.07) is 23.3. The minimum Gasteiger partial charge on any atom is -0.491 e. The molecule has 0 atom stereocenters. The number of rotatable bonds is 6. The summed E-state index contributed by atoms with van der Waals surface area (Å²) >= 11 is 0. The lowest BCUT2D eigenvalue weighted by molar-refractivity contribution is 0.0990. The summed E-state index contributed by atoms with van der Waals surface area (Å²) < 4.78 is 5.59. The third-order valence-electron chi connectivity index (χ3n) is 4.30. The maximum atomic E-state index is 12.8. The normalized spacial score (nSPS) is 10.5. The number of carbonyl (C=O) groups is 2. The van der Waals surface area contributed by atoms with Crippen molar-refractivity contribution in [2.45, 2.75) is 20.0 Å².